The van der Waals surface area contributed by atoms with E-state index in [-0.39, 0.29) is 17.2 Å². The Balaban J connectivity index is 2.24. The molecule has 1 aromatic carbocycles. The van der Waals surface area contributed by atoms with Crippen molar-refractivity contribution in [1.82, 2.24) is 5.32 Å². The molecule has 2 N–H and O–H groups in total. The molecule has 0 saturated heterocycles. The minimum Gasteiger partial charge on any atom is -0.496 e. The van der Waals surface area contributed by atoms with Crippen molar-refractivity contribution < 1.29 is 23.8 Å². The highest BCUT2D eigenvalue weighted by atomic mass is 19.1. The van der Waals surface area contributed by atoms with Crippen molar-refractivity contribution >= 4 is 11.9 Å². The molecule has 0 heterocycles. The minimum absolute atomic E-state index is 0.0208. The van der Waals surface area contributed by atoms with E-state index in [4.69, 9.17) is 10.00 Å². The quantitative estimate of drug-likeness (QED) is 0.850. The number of aliphatic carboxylic acids is 1. The average molecular weight is 292 g/mol. The van der Waals surface area contributed by atoms with Crippen LogP contribution in [0.5, 0.6) is 5.75 Å². The number of nitrogens with zero attached hydrogens (tertiary/aromatic N) is 1. The summed E-state index contributed by atoms with van der Waals surface area (Å²) in [4.78, 5) is 23.2. The molecular formula is C14H13FN2O4. The summed E-state index contributed by atoms with van der Waals surface area (Å²) in [5.41, 5.74) is 0.0208. The maximum Gasteiger partial charge on any atom is 0.331 e. The molecule has 1 unspecified atom stereocenters. The molecule has 1 saturated carbocycles. The number of carbonyl (C=O) groups is 2. The Morgan fingerprint density at radius 1 is 1.57 bits per heavy atom. The molecule has 6 nitrogen and oxygen atoms in total. The molecular weight excluding hydrogens is 279 g/mol. The lowest BCUT2D eigenvalue weighted by Crippen LogP contribution is -2.35. The number of carboxylic acids is 1. The summed E-state index contributed by atoms with van der Waals surface area (Å²) in [5, 5.41) is 20.3. The fraction of sp³-hybridized carbons (Fsp3) is 0.357. The molecule has 1 aromatic rings. The second-order valence-electron chi connectivity index (χ2n) is 4.74. The van der Waals surface area contributed by atoms with Gasteiger partial charge in [-0.25, -0.2) is 9.18 Å². The maximum absolute atomic E-state index is 13.3. The Labute approximate surface area is 120 Å². The van der Waals surface area contributed by atoms with Crippen molar-refractivity contribution in [3.63, 3.8) is 0 Å². The molecule has 0 bridgehead atoms. The van der Waals surface area contributed by atoms with Gasteiger partial charge in [-0.2, -0.15) is 5.26 Å². The van der Waals surface area contributed by atoms with Gasteiger partial charge in [0.15, 0.2) is 6.04 Å². The topological polar surface area (TPSA) is 99.4 Å². The fourth-order valence-corrected chi connectivity index (χ4v) is 2.08. The van der Waals surface area contributed by atoms with Gasteiger partial charge in [-0.15, -0.1) is 0 Å². The number of amides is 1. The van der Waals surface area contributed by atoms with E-state index in [1.54, 1.807) is 0 Å². The highest BCUT2D eigenvalue weighted by molar-refractivity contribution is 5.88. The molecule has 1 amide bonds. The Morgan fingerprint density at radius 2 is 2.29 bits per heavy atom. The lowest BCUT2D eigenvalue weighted by atomic mass is 10.0. The summed E-state index contributed by atoms with van der Waals surface area (Å²) in [6, 6.07) is 3.96. The van der Waals surface area contributed by atoms with Crippen molar-refractivity contribution in [3.8, 4) is 11.8 Å². The van der Waals surface area contributed by atoms with E-state index in [1.165, 1.54) is 13.2 Å². The second-order valence-corrected chi connectivity index (χ2v) is 4.74. The van der Waals surface area contributed by atoms with Crippen LogP contribution in [0.15, 0.2) is 18.2 Å². The molecule has 0 spiro atoms. The lowest BCUT2D eigenvalue weighted by molar-refractivity contribution is -0.142. The van der Waals surface area contributed by atoms with Crippen LogP contribution < -0.4 is 10.1 Å². The van der Waals surface area contributed by atoms with E-state index >= 15 is 0 Å². The third kappa shape index (κ3) is 3.11. The number of nitrogens with one attached hydrogen (secondary N) is 1. The van der Waals surface area contributed by atoms with Crippen LogP contribution in [-0.2, 0) is 9.59 Å². The summed E-state index contributed by atoms with van der Waals surface area (Å²) in [7, 11) is 1.32. The molecule has 1 aliphatic rings. The van der Waals surface area contributed by atoms with Crippen molar-refractivity contribution in [2.24, 2.45) is 11.8 Å². The minimum atomic E-state index is -1.43. The highest BCUT2D eigenvalue weighted by Gasteiger charge is 2.44. The van der Waals surface area contributed by atoms with E-state index in [9.17, 15) is 19.1 Å². The van der Waals surface area contributed by atoms with Crippen molar-refractivity contribution in [3.05, 3.63) is 29.6 Å². The largest absolute Gasteiger partial charge is 0.496 e. The SMILES string of the molecule is COc1ccc(F)cc1C(NC(=O)[C@@H]1C[C@@H]1C#N)C(=O)O. The van der Waals surface area contributed by atoms with Crippen LogP contribution in [0.25, 0.3) is 0 Å². The van der Waals surface area contributed by atoms with Gasteiger partial charge in [0.05, 0.1) is 25.0 Å². The summed E-state index contributed by atoms with van der Waals surface area (Å²) in [6.45, 7) is 0. The van der Waals surface area contributed by atoms with Gasteiger partial charge in [-0.05, 0) is 24.6 Å². The number of halogens is 1. The molecule has 3 atom stereocenters. The van der Waals surface area contributed by atoms with Crippen molar-refractivity contribution in [2.75, 3.05) is 7.11 Å². The number of rotatable bonds is 5. The van der Waals surface area contributed by atoms with Gasteiger partial charge in [0.25, 0.3) is 0 Å². The normalized spacial score (nSPS) is 21.0. The summed E-state index contributed by atoms with van der Waals surface area (Å²) in [6.07, 6.45) is 0.412. The molecule has 0 aliphatic heterocycles. The van der Waals surface area contributed by atoms with E-state index < -0.39 is 29.7 Å². The van der Waals surface area contributed by atoms with Crippen molar-refractivity contribution in [1.29, 1.82) is 5.26 Å². The lowest BCUT2D eigenvalue weighted by Gasteiger charge is -2.17. The van der Waals surface area contributed by atoms with E-state index in [2.05, 4.69) is 5.32 Å². The fourth-order valence-electron chi connectivity index (χ4n) is 2.08. The molecule has 2 rings (SSSR count). The number of methoxy groups -OCH3 is 1. The van der Waals surface area contributed by atoms with E-state index in [0.717, 1.165) is 12.1 Å². The first-order chi connectivity index (χ1) is 9.97. The molecule has 1 fully saturated rings. The predicted molar refractivity (Wildman–Crippen MR) is 68.7 cm³/mol. The number of ether oxygens (including phenoxy) is 1. The van der Waals surface area contributed by atoms with Gasteiger partial charge in [-0.3, -0.25) is 4.79 Å². The van der Waals surface area contributed by atoms with E-state index in [0.29, 0.717) is 6.42 Å². The summed E-state index contributed by atoms with van der Waals surface area (Å²) < 4.78 is 18.3. The van der Waals surface area contributed by atoms with Crippen LogP contribution in [0.4, 0.5) is 4.39 Å². The third-order valence-corrected chi connectivity index (χ3v) is 3.33. The van der Waals surface area contributed by atoms with Crippen LogP contribution in [0.2, 0.25) is 0 Å². The first-order valence-corrected chi connectivity index (χ1v) is 6.24. The molecule has 110 valence electrons. The number of nitriles is 1. The maximum atomic E-state index is 13.3. The Kier molecular flexibility index (Phi) is 4.08. The van der Waals surface area contributed by atoms with Gasteiger partial charge >= 0.3 is 5.97 Å². The first-order valence-electron chi connectivity index (χ1n) is 6.24. The zero-order valence-electron chi connectivity index (χ0n) is 11.2. The molecule has 0 aromatic heterocycles. The van der Waals surface area contributed by atoms with Crippen LogP contribution in [0.3, 0.4) is 0 Å². The van der Waals surface area contributed by atoms with Gasteiger partial charge in [-0.1, -0.05) is 0 Å². The number of hydrogen-bond donors (Lipinski definition) is 2. The van der Waals surface area contributed by atoms with Crippen LogP contribution in [-0.4, -0.2) is 24.1 Å². The Morgan fingerprint density at radius 3 is 2.81 bits per heavy atom. The van der Waals surface area contributed by atoms with Crippen LogP contribution in [0.1, 0.15) is 18.0 Å². The average Bonchev–Trinajstić information content (AvgIpc) is 3.23. The first kappa shape index (κ1) is 14.8. The molecule has 7 heteroatoms. The monoisotopic (exact) mass is 292 g/mol. The van der Waals surface area contributed by atoms with Crippen LogP contribution >= 0.6 is 0 Å². The number of carbonyl (C=O) groups excluding carboxylic acids is 1. The van der Waals surface area contributed by atoms with Gasteiger partial charge in [0.2, 0.25) is 5.91 Å². The smallest absolute Gasteiger partial charge is 0.331 e. The zero-order valence-corrected chi connectivity index (χ0v) is 11.2. The Hall–Kier alpha value is -2.62. The number of carboxylic acid groups (broad SMARTS) is 1. The second kappa shape index (κ2) is 5.79. The Bertz CT molecular complexity index is 626. The molecule has 21 heavy (non-hydrogen) atoms. The standard InChI is InChI=1S/C14H13FN2O4/c1-21-11-3-2-8(15)5-10(11)12(14(19)20)17-13(18)9-4-7(9)6-16/h2-3,5,7,9,12H,4H2,1H3,(H,17,18)(H,19,20)/t7-,9-,12?/m1/s1. The van der Waals surface area contributed by atoms with Gasteiger partial charge in [0, 0.05) is 5.56 Å². The highest BCUT2D eigenvalue weighted by Crippen LogP contribution is 2.38. The van der Waals surface area contributed by atoms with Crippen molar-refractivity contribution in [2.45, 2.75) is 12.5 Å². The van der Waals surface area contributed by atoms with Crippen LogP contribution in [0, 0.1) is 29.0 Å². The third-order valence-electron chi connectivity index (χ3n) is 3.33. The molecule has 1 aliphatic carbocycles. The zero-order chi connectivity index (χ0) is 15.6. The predicted octanol–water partition coefficient (Wildman–Crippen LogP) is 1.24. The molecule has 0 radical (unpaired) electrons. The number of benzene rings is 1. The van der Waals surface area contributed by atoms with Gasteiger partial charge in [0.1, 0.15) is 11.6 Å². The number of hydrogen-bond acceptors (Lipinski definition) is 4. The van der Waals surface area contributed by atoms with Gasteiger partial charge < -0.3 is 15.2 Å². The summed E-state index contributed by atoms with van der Waals surface area (Å²) >= 11 is 0. The van der Waals surface area contributed by atoms with E-state index in [1.807, 2.05) is 6.07 Å². The summed E-state index contributed by atoms with van der Waals surface area (Å²) in [5.74, 6) is -3.21.